The molecule has 8 heteroatoms. The summed E-state index contributed by atoms with van der Waals surface area (Å²) in [5.41, 5.74) is -0.238. The van der Waals surface area contributed by atoms with Crippen LogP contribution in [0.2, 0.25) is 0 Å². The van der Waals surface area contributed by atoms with E-state index in [2.05, 4.69) is 15.3 Å². The summed E-state index contributed by atoms with van der Waals surface area (Å²) in [6.45, 7) is 2.95. The number of para-hydroxylation sites is 1. The van der Waals surface area contributed by atoms with Gasteiger partial charge < -0.3 is 10.2 Å². The molecule has 3 rings (SSSR count). The van der Waals surface area contributed by atoms with Crippen LogP contribution in [0.25, 0.3) is 0 Å². The first kappa shape index (κ1) is 18.2. The van der Waals surface area contributed by atoms with E-state index in [1.165, 1.54) is 18.2 Å². The molecule has 0 bridgehead atoms. The molecule has 0 unspecified atom stereocenters. The van der Waals surface area contributed by atoms with Crippen LogP contribution in [0.15, 0.2) is 36.5 Å². The zero-order valence-corrected chi connectivity index (χ0v) is 14.3. The predicted octanol–water partition coefficient (Wildman–Crippen LogP) is 3.66. The van der Waals surface area contributed by atoms with Gasteiger partial charge in [0.2, 0.25) is 11.9 Å². The second-order valence-electron chi connectivity index (χ2n) is 6.32. The Morgan fingerprint density at radius 3 is 2.77 bits per heavy atom. The number of rotatable bonds is 3. The quantitative estimate of drug-likeness (QED) is 0.903. The minimum Gasteiger partial charge on any atom is -0.340 e. The van der Waals surface area contributed by atoms with Gasteiger partial charge in [-0.25, -0.2) is 9.97 Å². The summed E-state index contributed by atoms with van der Waals surface area (Å²) in [6, 6.07) is 6.79. The Labute approximate surface area is 149 Å². The molecule has 1 aliphatic heterocycles. The number of aromatic nitrogens is 2. The Morgan fingerprint density at radius 2 is 2.04 bits per heavy atom. The zero-order chi connectivity index (χ0) is 18.7. The number of alkyl halides is 3. The fourth-order valence-corrected chi connectivity index (χ4v) is 3.03. The number of halogens is 3. The lowest BCUT2D eigenvalue weighted by molar-refractivity contribution is -0.137. The van der Waals surface area contributed by atoms with Gasteiger partial charge in [-0.3, -0.25) is 4.79 Å². The lowest BCUT2D eigenvalue weighted by Gasteiger charge is -2.32. The van der Waals surface area contributed by atoms with E-state index in [-0.39, 0.29) is 5.69 Å². The number of carbonyl (C=O) groups is 1. The van der Waals surface area contributed by atoms with Crippen molar-refractivity contribution in [3.05, 3.63) is 47.8 Å². The molecule has 0 aliphatic carbocycles. The number of piperidine rings is 1. The fourth-order valence-electron chi connectivity index (χ4n) is 3.03. The maximum absolute atomic E-state index is 13.1. The molecular weight excluding hydrogens is 345 g/mol. The van der Waals surface area contributed by atoms with Crippen molar-refractivity contribution in [2.24, 2.45) is 5.92 Å². The molecule has 0 saturated carbocycles. The third-order valence-electron chi connectivity index (χ3n) is 4.35. The van der Waals surface area contributed by atoms with Crippen LogP contribution in [0.1, 0.15) is 24.1 Å². The van der Waals surface area contributed by atoms with Gasteiger partial charge in [0.1, 0.15) is 0 Å². The van der Waals surface area contributed by atoms with Gasteiger partial charge in [0.15, 0.2) is 0 Å². The summed E-state index contributed by atoms with van der Waals surface area (Å²) in [4.78, 5) is 23.0. The van der Waals surface area contributed by atoms with Gasteiger partial charge in [0.25, 0.3) is 0 Å². The highest BCUT2D eigenvalue weighted by molar-refractivity contribution is 5.93. The first-order valence-electron chi connectivity index (χ1n) is 8.36. The lowest BCUT2D eigenvalue weighted by Crippen LogP contribution is -2.41. The number of amides is 1. The Bertz CT molecular complexity index is 794. The zero-order valence-electron chi connectivity index (χ0n) is 14.3. The Balaban J connectivity index is 1.73. The average molecular weight is 364 g/mol. The molecule has 1 aliphatic rings. The summed E-state index contributed by atoms with van der Waals surface area (Å²) < 4.78 is 39.3. The smallest absolute Gasteiger partial charge is 0.340 e. The van der Waals surface area contributed by atoms with Crippen LogP contribution in [0, 0.1) is 12.8 Å². The Morgan fingerprint density at radius 1 is 1.27 bits per heavy atom. The topological polar surface area (TPSA) is 58.1 Å². The van der Waals surface area contributed by atoms with Gasteiger partial charge in [0, 0.05) is 25.0 Å². The number of hydrogen-bond acceptors (Lipinski definition) is 4. The number of hydrogen-bond donors (Lipinski definition) is 1. The van der Waals surface area contributed by atoms with Crippen molar-refractivity contribution in [2.75, 3.05) is 23.3 Å². The van der Waals surface area contributed by atoms with Crippen molar-refractivity contribution in [1.29, 1.82) is 0 Å². The molecule has 0 radical (unpaired) electrons. The largest absolute Gasteiger partial charge is 0.418 e. The molecule has 1 saturated heterocycles. The van der Waals surface area contributed by atoms with Gasteiger partial charge >= 0.3 is 6.18 Å². The number of anilines is 2. The van der Waals surface area contributed by atoms with E-state index in [9.17, 15) is 18.0 Å². The summed E-state index contributed by atoms with van der Waals surface area (Å²) >= 11 is 0. The molecule has 5 nitrogen and oxygen atoms in total. The third-order valence-corrected chi connectivity index (χ3v) is 4.35. The van der Waals surface area contributed by atoms with Gasteiger partial charge in [-0.1, -0.05) is 12.1 Å². The molecule has 1 fully saturated rings. The molecular formula is C18H19F3N4O. The predicted molar refractivity (Wildman–Crippen MR) is 91.8 cm³/mol. The molecule has 1 N–H and O–H groups in total. The number of nitrogens with one attached hydrogen (secondary N) is 1. The SMILES string of the molecule is Cc1ccnc(N2CCC[C@@H](C(=O)Nc3ccccc3C(F)(F)F)C2)n1. The maximum Gasteiger partial charge on any atom is 0.418 e. The monoisotopic (exact) mass is 364 g/mol. The van der Waals surface area contributed by atoms with E-state index < -0.39 is 23.6 Å². The summed E-state index contributed by atoms with van der Waals surface area (Å²) in [5.74, 6) is -0.300. The molecule has 26 heavy (non-hydrogen) atoms. The van der Waals surface area contributed by atoms with Crippen LogP contribution in [0.4, 0.5) is 24.8 Å². The minimum atomic E-state index is -4.52. The van der Waals surface area contributed by atoms with E-state index in [1.54, 1.807) is 12.3 Å². The van der Waals surface area contributed by atoms with Crippen molar-refractivity contribution < 1.29 is 18.0 Å². The molecule has 1 atom stereocenters. The van der Waals surface area contributed by atoms with E-state index in [0.717, 1.165) is 18.2 Å². The standard InChI is InChI=1S/C18H19F3N4O/c1-12-8-9-22-17(23-12)25-10-4-5-13(11-25)16(26)24-15-7-3-2-6-14(15)18(19,20)21/h2-3,6-9,13H,4-5,10-11H2,1H3,(H,24,26)/t13-/m1/s1. The Kier molecular flexibility index (Phi) is 5.11. The highest BCUT2D eigenvalue weighted by atomic mass is 19.4. The number of aryl methyl sites for hydroxylation is 1. The van der Waals surface area contributed by atoms with Crippen LogP contribution in [-0.2, 0) is 11.0 Å². The molecule has 0 spiro atoms. The molecule has 1 aromatic carbocycles. The number of benzene rings is 1. The molecule has 1 aromatic heterocycles. The van der Waals surface area contributed by atoms with E-state index in [4.69, 9.17) is 0 Å². The van der Waals surface area contributed by atoms with Gasteiger partial charge in [0.05, 0.1) is 17.2 Å². The minimum absolute atomic E-state index is 0.214. The molecule has 138 valence electrons. The summed E-state index contributed by atoms with van der Waals surface area (Å²) in [5, 5.41) is 2.44. The molecule has 2 heterocycles. The van der Waals surface area contributed by atoms with Crippen LogP contribution < -0.4 is 10.2 Å². The van der Waals surface area contributed by atoms with E-state index in [1.807, 2.05) is 11.8 Å². The van der Waals surface area contributed by atoms with Crippen molar-refractivity contribution in [3.8, 4) is 0 Å². The second-order valence-corrected chi connectivity index (χ2v) is 6.32. The van der Waals surface area contributed by atoms with Crippen LogP contribution in [-0.4, -0.2) is 29.0 Å². The number of nitrogens with zero attached hydrogens (tertiary/aromatic N) is 3. The Hall–Kier alpha value is -2.64. The lowest BCUT2D eigenvalue weighted by atomic mass is 9.97. The van der Waals surface area contributed by atoms with E-state index in [0.29, 0.717) is 25.5 Å². The van der Waals surface area contributed by atoms with Gasteiger partial charge in [-0.05, 0) is 38.0 Å². The second kappa shape index (κ2) is 7.31. The van der Waals surface area contributed by atoms with Gasteiger partial charge in [-0.15, -0.1) is 0 Å². The van der Waals surface area contributed by atoms with Gasteiger partial charge in [-0.2, -0.15) is 13.2 Å². The van der Waals surface area contributed by atoms with E-state index >= 15 is 0 Å². The van der Waals surface area contributed by atoms with Crippen LogP contribution >= 0.6 is 0 Å². The van der Waals surface area contributed by atoms with Crippen molar-refractivity contribution in [1.82, 2.24) is 9.97 Å². The fraction of sp³-hybridized carbons (Fsp3) is 0.389. The number of carbonyl (C=O) groups excluding carboxylic acids is 1. The van der Waals surface area contributed by atoms with Crippen molar-refractivity contribution in [2.45, 2.75) is 25.9 Å². The maximum atomic E-state index is 13.1. The first-order chi connectivity index (χ1) is 12.3. The summed E-state index contributed by atoms with van der Waals surface area (Å²) in [6.07, 6.45) is -1.50. The van der Waals surface area contributed by atoms with Crippen molar-refractivity contribution >= 4 is 17.5 Å². The van der Waals surface area contributed by atoms with Crippen LogP contribution in [0.5, 0.6) is 0 Å². The van der Waals surface area contributed by atoms with Crippen molar-refractivity contribution in [3.63, 3.8) is 0 Å². The highest BCUT2D eigenvalue weighted by Crippen LogP contribution is 2.35. The molecule has 1 amide bonds. The first-order valence-corrected chi connectivity index (χ1v) is 8.36. The average Bonchev–Trinajstić information content (AvgIpc) is 2.61. The summed E-state index contributed by atoms with van der Waals surface area (Å²) in [7, 11) is 0. The normalized spacial score (nSPS) is 17.8. The molecule has 2 aromatic rings. The highest BCUT2D eigenvalue weighted by Gasteiger charge is 2.34. The third kappa shape index (κ3) is 4.12. The van der Waals surface area contributed by atoms with Crippen LogP contribution in [0.3, 0.4) is 0 Å².